The first-order valence-corrected chi connectivity index (χ1v) is 12.4. The van der Waals surface area contributed by atoms with Crippen molar-refractivity contribution in [2.45, 2.75) is 19.1 Å². The molecule has 5 rings (SSSR count). The number of nitrogens with zero attached hydrogens (tertiary/aromatic N) is 5. The summed E-state index contributed by atoms with van der Waals surface area (Å²) in [6.45, 7) is 1.89. The van der Waals surface area contributed by atoms with E-state index in [9.17, 15) is 0 Å². The summed E-state index contributed by atoms with van der Waals surface area (Å²) in [4.78, 5) is 19.9. The van der Waals surface area contributed by atoms with Gasteiger partial charge in [0.15, 0.2) is 0 Å². The molecule has 0 bridgehead atoms. The highest BCUT2D eigenvalue weighted by molar-refractivity contribution is 6.32. The molecule has 2 aromatic heterocycles. The molecule has 0 unspecified atom stereocenters. The lowest BCUT2D eigenvalue weighted by atomic mass is 10.2. The van der Waals surface area contributed by atoms with Gasteiger partial charge in [-0.05, 0) is 75.6 Å². The van der Waals surface area contributed by atoms with Gasteiger partial charge in [0.1, 0.15) is 31.1 Å². The molecule has 0 fully saturated rings. The number of aliphatic imine (C=N–C) groups is 1. The molecule has 0 saturated carbocycles. The predicted molar refractivity (Wildman–Crippen MR) is 147 cm³/mol. The highest BCUT2D eigenvalue weighted by Gasteiger charge is 2.19. The highest BCUT2D eigenvalue weighted by Crippen LogP contribution is 2.31. The predicted octanol–water partition coefficient (Wildman–Crippen LogP) is 5.12. The number of anilines is 3. The number of rotatable bonds is 9. The lowest BCUT2D eigenvalue weighted by Crippen LogP contribution is -2.19. The number of pyridine rings is 1. The van der Waals surface area contributed by atoms with Crippen LogP contribution in [0.3, 0.4) is 0 Å². The van der Waals surface area contributed by atoms with Crippen LogP contribution < -0.4 is 15.4 Å². The summed E-state index contributed by atoms with van der Waals surface area (Å²) in [6.07, 6.45) is 4.22. The van der Waals surface area contributed by atoms with Crippen LogP contribution in [-0.4, -0.2) is 59.2 Å². The quantitative estimate of drug-likeness (QED) is 0.316. The van der Waals surface area contributed by atoms with Gasteiger partial charge >= 0.3 is 0 Å². The first kappa shape index (κ1) is 24.7. The molecule has 37 heavy (non-hydrogen) atoms. The van der Waals surface area contributed by atoms with Gasteiger partial charge in [0, 0.05) is 23.0 Å². The molecule has 3 heterocycles. The first-order chi connectivity index (χ1) is 18.0. The SMILES string of the molecule is CN(C)CC[C@H]1COC(Nc2ccc3ncnc(Nc4ccc(OCc5ccccn5)c(Cl)c4)c3c2)=N1. The molecule has 2 N–H and O–H groups in total. The van der Waals surface area contributed by atoms with Crippen LogP contribution >= 0.6 is 11.6 Å². The summed E-state index contributed by atoms with van der Waals surface area (Å²) < 4.78 is 11.6. The zero-order chi connectivity index (χ0) is 25.6. The van der Waals surface area contributed by atoms with Crippen LogP contribution in [0.25, 0.3) is 10.9 Å². The van der Waals surface area contributed by atoms with E-state index in [-0.39, 0.29) is 6.04 Å². The first-order valence-electron chi connectivity index (χ1n) is 12.0. The molecule has 0 aliphatic carbocycles. The average Bonchev–Trinajstić information content (AvgIpc) is 3.35. The van der Waals surface area contributed by atoms with Crippen molar-refractivity contribution in [3.05, 3.63) is 77.8 Å². The number of hydrogen-bond donors (Lipinski definition) is 2. The van der Waals surface area contributed by atoms with Gasteiger partial charge in [0.25, 0.3) is 6.02 Å². The monoisotopic (exact) mass is 517 g/mol. The van der Waals surface area contributed by atoms with Crippen LogP contribution in [0.4, 0.5) is 17.2 Å². The maximum absolute atomic E-state index is 6.49. The molecule has 1 atom stereocenters. The van der Waals surface area contributed by atoms with E-state index in [1.807, 2.05) is 48.5 Å². The molecular formula is C27H28ClN7O2. The third-order valence-corrected chi connectivity index (χ3v) is 6.10. The Balaban J connectivity index is 1.29. The molecule has 0 spiro atoms. The van der Waals surface area contributed by atoms with Gasteiger partial charge in [-0.3, -0.25) is 4.98 Å². The fourth-order valence-electron chi connectivity index (χ4n) is 3.86. The van der Waals surface area contributed by atoms with Gasteiger partial charge in [0.05, 0.1) is 22.3 Å². The summed E-state index contributed by atoms with van der Waals surface area (Å²) in [7, 11) is 4.11. The molecular weight excluding hydrogens is 490 g/mol. The normalized spacial score (nSPS) is 14.9. The summed E-state index contributed by atoms with van der Waals surface area (Å²) >= 11 is 6.49. The van der Waals surface area contributed by atoms with Crippen LogP contribution in [-0.2, 0) is 11.3 Å². The Morgan fingerprint density at radius 3 is 2.70 bits per heavy atom. The van der Waals surface area contributed by atoms with Gasteiger partial charge in [-0.15, -0.1) is 0 Å². The number of fused-ring (bicyclic) bond motifs is 1. The lowest BCUT2D eigenvalue weighted by Gasteiger charge is -2.12. The molecule has 0 amide bonds. The Morgan fingerprint density at radius 1 is 1.03 bits per heavy atom. The fourth-order valence-corrected chi connectivity index (χ4v) is 4.10. The van der Waals surface area contributed by atoms with E-state index in [1.165, 1.54) is 6.33 Å². The summed E-state index contributed by atoms with van der Waals surface area (Å²) in [5, 5.41) is 7.96. The Hall–Kier alpha value is -3.95. The van der Waals surface area contributed by atoms with Crippen LogP contribution in [0.15, 0.2) is 72.1 Å². The number of nitrogens with one attached hydrogen (secondary N) is 2. The second-order valence-electron chi connectivity index (χ2n) is 8.95. The smallest absolute Gasteiger partial charge is 0.289 e. The fraction of sp³-hybridized carbons (Fsp3) is 0.259. The topological polar surface area (TPSA) is 96.8 Å². The van der Waals surface area contributed by atoms with E-state index in [4.69, 9.17) is 21.1 Å². The van der Waals surface area contributed by atoms with Crippen molar-refractivity contribution in [3.63, 3.8) is 0 Å². The van der Waals surface area contributed by atoms with E-state index < -0.39 is 0 Å². The van der Waals surface area contributed by atoms with E-state index in [2.05, 4.69) is 49.6 Å². The molecule has 0 saturated heterocycles. The van der Waals surface area contributed by atoms with Crippen molar-refractivity contribution in [1.82, 2.24) is 19.9 Å². The van der Waals surface area contributed by atoms with E-state index >= 15 is 0 Å². The zero-order valence-corrected chi connectivity index (χ0v) is 21.4. The Labute approximate surface area is 220 Å². The highest BCUT2D eigenvalue weighted by atomic mass is 35.5. The molecule has 190 valence electrons. The van der Waals surface area contributed by atoms with Crippen LogP contribution in [0.1, 0.15) is 12.1 Å². The summed E-state index contributed by atoms with van der Waals surface area (Å²) in [5.74, 6) is 1.24. The summed E-state index contributed by atoms with van der Waals surface area (Å²) in [5.41, 5.74) is 3.26. The standard InChI is InChI=1S/C27H28ClN7O2/c1-35(2)12-10-21-16-37-27(34-21)33-18-6-8-24-22(13-18)26(31-17-30-24)32-19-7-9-25(23(28)14-19)36-15-20-5-3-4-11-29-20/h3-9,11,13-14,17,21H,10,12,15-16H2,1-2H3,(H,33,34)(H,30,31,32)/t21-/m0/s1. The molecule has 4 aromatic rings. The van der Waals surface area contributed by atoms with Crippen molar-refractivity contribution >= 4 is 45.7 Å². The molecule has 10 heteroatoms. The number of ether oxygens (including phenoxy) is 2. The third kappa shape index (κ3) is 6.44. The van der Waals surface area contributed by atoms with Crippen molar-refractivity contribution < 1.29 is 9.47 Å². The van der Waals surface area contributed by atoms with Crippen molar-refractivity contribution in [2.24, 2.45) is 4.99 Å². The second-order valence-corrected chi connectivity index (χ2v) is 9.36. The van der Waals surface area contributed by atoms with E-state index in [1.54, 1.807) is 12.3 Å². The van der Waals surface area contributed by atoms with E-state index in [0.29, 0.717) is 35.8 Å². The van der Waals surface area contributed by atoms with Crippen molar-refractivity contribution in [2.75, 3.05) is 37.9 Å². The minimum atomic E-state index is 0.159. The minimum absolute atomic E-state index is 0.159. The summed E-state index contributed by atoms with van der Waals surface area (Å²) in [6, 6.07) is 17.8. The maximum atomic E-state index is 6.49. The molecule has 2 aromatic carbocycles. The molecule has 1 aliphatic heterocycles. The Morgan fingerprint density at radius 2 is 1.89 bits per heavy atom. The zero-order valence-electron chi connectivity index (χ0n) is 20.7. The van der Waals surface area contributed by atoms with Crippen LogP contribution in [0.2, 0.25) is 5.02 Å². The van der Waals surface area contributed by atoms with Gasteiger partial charge in [0.2, 0.25) is 0 Å². The van der Waals surface area contributed by atoms with Gasteiger partial charge in [-0.2, -0.15) is 0 Å². The number of amidine groups is 1. The number of aromatic nitrogens is 3. The Kier molecular flexibility index (Phi) is 7.62. The molecule has 1 aliphatic rings. The van der Waals surface area contributed by atoms with Crippen LogP contribution in [0.5, 0.6) is 5.75 Å². The van der Waals surface area contributed by atoms with Crippen molar-refractivity contribution in [1.29, 1.82) is 0 Å². The van der Waals surface area contributed by atoms with Gasteiger partial charge in [-0.1, -0.05) is 17.7 Å². The third-order valence-electron chi connectivity index (χ3n) is 5.80. The number of benzene rings is 2. The van der Waals surface area contributed by atoms with Gasteiger partial charge in [-0.25, -0.2) is 15.0 Å². The lowest BCUT2D eigenvalue weighted by molar-refractivity contribution is 0.294. The second kappa shape index (κ2) is 11.4. The largest absolute Gasteiger partial charge is 0.486 e. The number of halogens is 1. The Bertz CT molecular complexity index is 1400. The molecule has 0 radical (unpaired) electrons. The minimum Gasteiger partial charge on any atom is -0.486 e. The maximum Gasteiger partial charge on any atom is 0.289 e. The molecule has 9 nitrogen and oxygen atoms in total. The van der Waals surface area contributed by atoms with Gasteiger partial charge < -0.3 is 25.0 Å². The van der Waals surface area contributed by atoms with Crippen LogP contribution in [0, 0.1) is 0 Å². The number of hydrogen-bond acceptors (Lipinski definition) is 9. The van der Waals surface area contributed by atoms with E-state index in [0.717, 1.165) is 40.9 Å². The average molecular weight is 518 g/mol. The van der Waals surface area contributed by atoms with Crippen molar-refractivity contribution in [3.8, 4) is 5.75 Å².